The van der Waals surface area contributed by atoms with E-state index in [1.807, 2.05) is 31.1 Å². The third kappa shape index (κ3) is 3.36. The highest BCUT2D eigenvalue weighted by Crippen LogP contribution is 2.44. The molecule has 1 saturated heterocycles. The van der Waals surface area contributed by atoms with Gasteiger partial charge in [0.2, 0.25) is 5.95 Å². The van der Waals surface area contributed by atoms with Crippen molar-refractivity contribution in [2.24, 2.45) is 0 Å². The van der Waals surface area contributed by atoms with E-state index >= 15 is 0 Å². The summed E-state index contributed by atoms with van der Waals surface area (Å²) in [6, 6.07) is 5.59. The van der Waals surface area contributed by atoms with Crippen molar-refractivity contribution in [3.05, 3.63) is 45.5 Å². The van der Waals surface area contributed by atoms with Crippen molar-refractivity contribution in [1.82, 2.24) is 19.9 Å². The SMILES string of the molecule is CN(C)C(=O)c1cccc(N2CCCC3(CCc4c3nc(N(C)C)[nH]c4=O)C2)n1. The van der Waals surface area contributed by atoms with Gasteiger partial charge in [-0.25, -0.2) is 9.97 Å². The predicted molar refractivity (Wildman–Crippen MR) is 113 cm³/mol. The van der Waals surface area contributed by atoms with Crippen LogP contribution < -0.4 is 15.4 Å². The average Bonchev–Trinajstić information content (AvgIpc) is 3.05. The van der Waals surface area contributed by atoms with Gasteiger partial charge >= 0.3 is 0 Å². The smallest absolute Gasteiger partial charge is 0.272 e. The number of pyridine rings is 1. The molecule has 29 heavy (non-hydrogen) atoms. The van der Waals surface area contributed by atoms with Crippen molar-refractivity contribution in [1.29, 1.82) is 0 Å². The number of nitrogens with one attached hydrogen (secondary N) is 1. The predicted octanol–water partition coefficient (Wildman–Crippen LogP) is 1.42. The fourth-order valence-corrected chi connectivity index (χ4v) is 4.52. The maximum atomic E-state index is 12.6. The van der Waals surface area contributed by atoms with Crippen LogP contribution in [0.5, 0.6) is 0 Å². The molecule has 1 aliphatic carbocycles. The topological polar surface area (TPSA) is 85.4 Å². The summed E-state index contributed by atoms with van der Waals surface area (Å²) in [6.07, 6.45) is 3.68. The third-order valence-corrected chi connectivity index (χ3v) is 6.04. The molecule has 154 valence electrons. The molecule has 1 N–H and O–H groups in total. The Hall–Kier alpha value is -2.90. The number of piperidine rings is 1. The van der Waals surface area contributed by atoms with Gasteiger partial charge in [-0.2, -0.15) is 0 Å². The molecule has 8 nitrogen and oxygen atoms in total. The lowest BCUT2D eigenvalue weighted by molar-refractivity contribution is 0.0822. The standard InChI is InChI=1S/C21H28N6O2/c1-25(2)19(29)15-7-5-8-16(22-15)27-12-6-10-21(13-27)11-9-14-17(21)23-20(26(3)4)24-18(14)28/h5,7-8H,6,9-13H2,1-4H3,(H,23,24,28). The fraction of sp³-hybridized carbons (Fsp3) is 0.524. The van der Waals surface area contributed by atoms with Crippen molar-refractivity contribution in [3.63, 3.8) is 0 Å². The van der Waals surface area contributed by atoms with Crippen LogP contribution in [0.4, 0.5) is 11.8 Å². The number of H-pyrrole nitrogens is 1. The van der Waals surface area contributed by atoms with Gasteiger partial charge in [0.15, 0.2) is 0 Å². The molecule has 1 aliphatic heterocycles. The Morgan fingerprint density at radius 1 is 1.17 bits per heavy atom. The van der Waals surface area contributed by atoms with Crippen molar-refractivity contribution in [2.45, 2.75) is 31.1 Å². The van der Waals surface area contributed by atoms with E-state index in [4.69, 9.17) is 4.98 Å². The van der Waals surface area contributed by atoms with Gasteiger partial charge < -0.3 is 14.7 Å². The van der Waals surface area contributed by atoms with Crippen LogP contribution in [0.2, 0.25) is 0 Å². The first-order valence-corrected chi connectivity index (χ1v) is 10.1. The number of hydrogen-bond acceptors (Lipinski definition) is 6. The summed E-state index contributed by atoms with van der Waals surface area (Å²) in [5.41, 5.74) is 2.04. The highest BCUT2D eigenvalue weighted by atomic mass is 16.2. The Bertz CT molecular complexity index is 999. The summed E-state index contributed by atoms with van der Waals surface area (Å²) in [5, 5.41) is 0. The molecule has 2 aliphatic rings. The number of carbonyl (C=O) groups excluding carboxylic acids is 1. The number of anilines is 2. The second kappa shape index (κ2) is 7.17. The number of aromatic nitrogens is 3. The van der Waals surface area contributed by atoms with Gasteiger partial charge in [0.25, 0.3) is 11.5 Å². The molecule has 4 rings (SSSR count). The zero-order valence-electron chi connectivity index (χ0n) is 17.5. The van der Waals surface area contributed by atoms with E-state index in [-0.39, 0.29) is 16.9 Å². The number of hydrogen-bond donors (Lipinski definition) is 1. The zero-order valence-corrected chi connectivity index (χ0v) is 17.5. The maximum Gasteiger partial charge on any atom is 0.272 e. The van der Waals surface area contributed by atoms with E-state index in [1.54, 1.807) is 20.2 Å². The molecule has 1 spiro atoms. The lowest BCUT2D eigenvalue weighted by Gasteiger charge is -2.41. The van der Waals surface area contributed by atoms with Crippen molar-refractivity contribution < 1.29 is 4.79 Å². The number of nitrogens with zero attached hydrogens (tertiary/aromatic N) is 5. The molecule has 0 aromatic carbocycles. The van der Waals surface area contributed by atoms with E-state index < -0.39 is 0 Å². The molecule has 1 fully saturated rings. The van der Waals surface area contributed by atoms with E-state index in [0.717, 1.165) is 55.8 Å². The minimum Gasteiger partial charge on any atom is -0.356 e. The Balaban J connectivity index is 1.68. The van der Waals surface area contributed by atoms with Crippen LogP contribution in [0.15, 0.2) is 23.0 Å². The number of rotatable bonds is 3. The fourth-order valence-electron chi connectivity index (χ4n) is 4.52. The zero-order chi connectivity index (χ0) is 20.8. The quantitative estimate of drug-likeness (QED) is 0.845. The maximum absolute atomic E-state index is 12.6. The van der Waals surface area contributed by atoms with E-state index in [1.165, 1.54) is 4.90 Å². The van der Waals surface area contributed by atoms with Crippen LogP contribution in [-0.2, 0) is 11.8 Å². The monoisotopic (exact) mass is 396 g/mol. The average molecular weight is 396 g/mol. The minimum absolute atomic E-state index is 0.0237. The molecule has 8 heteroatoms. The van der Waals surface area contributed by atoms with E-state index in [0.29, 0.717) is 11.6 Å². The molecule has 0 radical (unpaired) electrons. The van der Waals surface area contributed by atoms with Crippen molar-refractivity contribution in [3.8, 4) is 0 Å². The van der Waals surface area contributed by atoms with Gasteiger partial charge in [0.05, 0.1) is 5.69 Å². The molecule has 2 aromatic heterocycles. The third-order valence-electron chi connectivity index (χ3n) is 6.04. The first-order valence-electron chi connectivity index (χ1n) is 10.1. The second-order valence-corrected chi connectivity index (χ2v) is 8.50. The summed E-state index contributed by atoms with van der Waals surface area (Å²) in [4.78, 5) is 42.9. The lowest BCUT2D eigenvalue weighted by Crippen LogP contribution is -2.46. The Kier molecular flexibility index (Phi) is 4.80. The van der Waals surface area contributed by atoms with Gasteiger partial charge in [-0.15, -0.1) is 0 Å². The molecule has 1 atom stereocenters. The largest absolute Gasteiger partial charge is 0.356 e. The second-order valence-electron chi connectivity index (χ2n) is 8.50. The van der Waals surface area contributed by atoms with Crippen LogP contribution in [0.1, 0.15) is 41.0 Å². The van der Waals surface area contributed by atoms with Crippen LogP contribution in [0, 0.1) is 0 Å². The summed E-state index contributed by atoms with van der Waals surface area (Å²) in [6.45, 7) is 1.64. The number of aromatic amines is 1. The lowest BCUT2D eigenvalue weighted by atomic mass is 9.77. The first-order chi connectivity index (χ1) is 13.8. The molecule has 1 unspecified atom stereocenters. The Labute approximate surface area is 170 Å². The van der Waals surface area contributed by atoms with Gasteiger partial charge in [0, 0.05) is 52.3 Å². The summed E-state index contributed by atoms with van der Waals surface area (Å²) < 4.78 is 0. The highest BCUT2D eigenvalue weighted by molar-refractivity contribution is 5.92. The van der Waals surface area contributed by atoms with E-state index in [9.17, 15) is 9.59 Å². The molecule has 1 amide bonds. The summed E-state index contributed by atoms with van der Waals surface area (Å²) in [5.74, 6) is 1.31. The summed E-state index contributed by atoms with van der Waals surface area (Å²) >= 11 is 0. The van der Waals surface area contributed by atoms with Gasteiger partial charge in [-0.1, -0.05) is 6.07 Å². The number of fused-ring (bicyclic) bond motifs is 2. The normalized spacial score (nSPS) is 20.6. The molecular weight excluding hydrogens is 368 g/mol. The van der Waals surface area contributed by atoms with Crippen LogP contribution in [0.3, 0.4) is 0 Å². The summed E-state index contributed by atoms with van der Waals surface area (Å²) in [7, 11) is 7.23. The number of carbonyl (C=O) groups is 1. The first kappa shape index (κ1) is 19.4. The van der Waals surface area contributed by atoms with Gasteiger partial charge in [-0.3, -0.25) is 14.6 Å². The minimum atomic E-state index is -0.143. The van der Waals surface area contributed by atoms with E-state index in [2.05, 4.69) is 14.9 Å². The Morgan fingerprint density at radius 3 is 2.69 bits per heavy atom. The molecule has 0 bridgehead atoms. The van der Waals surface area contributed by atoms with Crippen molar-refractivity contribution in [2.75, 3.05) is 51.1 Å². The molecule has 2 aromatic rings. The van der Waals surface area contributed by atoms with Crippen molar-refractivity contribution >= 4 is 17.7 Å². The van der Waals surface area contributed by atoms with Gasteiger partial charge in [0.1, 0.15) is 11.5 Å². The highest BCUT2D eigenvalue weighted by Gasteiger charge is 2.45. The van der Waals surface area contributed by atoms with Gasteiger partial charge in [-0.05, 0) is 37.8 Å². The molecular formula is C21H28N6O2. The van der Waals surface area contributed by atoms with Crippen LogP contribution in [-0.4, -0.2) is 67.0 Å². The van der Waals surface area contributed by atoms with Crippen LogP contribution >= 0.6 is 0 Å². The number of amides is 1. The van der Waals surface area contributed by atoms with Crippen LogP contribution in [0.25, 0.3) is 0 Å². The molecule has 0 saturated carbocycles. The molecule has 3 heterocycles. The Morgan fingerprint density at radius 2 is 1.97 bits per heavy atom.